The van der Waals surface area contributed by atoms with Gasteiger partial charge in [-0.25, -0.2) is 4.79 Å². The summed E-state index contributed by atoms with van der Waals surface area (Å²) < 4.78 is 10.8. The van der Waals surface area contributed by atoms with Gasteiger partial charge in [-0.1, -0.05) is 0 Å². The van der Waals surface area contributed by atoms with E-state index in [1.165, 1.54) is 11.3 Å². The van der Waals surface area contributed by atoms with Crippen LogP contribution in [0, 0.1) is 0 Å². The van der Waals surface area contributed by atoms with Crippen molar-refractivity contribution in [1.82, 2.24) is 0 Å². The van der Waals surface area contributed by atoms with Gasteiger partial charge in [0.1, 0.15) is 10.6 Å². The maximum atomic E-state index is 12.2. The van der Waals surface area contributed by atoms with Crippen LogP contribution in [0.25, 0.3) is 0 Å². The molecule has 1 atom stereocenters. The van der Waals surface area contributed by atoms with E-state index in [1.54, 1.807) is 0 Å². The van der Waals surface area contributed by atoms with E-state index in [9.17, 15) is 4.79 Å². The van der Waals surface area contributed by atoms with Gasteiger partial charge in [-0.2, -0.15) is 0 Å². The predicted molar refractivity (Wildman–Crippen MR) is 72.1 cm³/mol. The van der Waals surface area contributed by atoms with Crippen molar-refractivity contribution in [2.24, 2.45) is 0 Å². The number of rotatable bonds is 2. The maximum Gasteiger partial charge on any atom is 0.341 e. The monoisotopic (exact) mass is 269 g/mol. The Morgan fingerprint density at radius 2 is 2.28 bits per heavy atom. The molecule has 2 rings (SSSR count). The molecule has 4 nitrogen and oxygen atoms in total. The van der Waals surface area contributed by atoms with Gasteiger partial charge in [-0.05, 0) is 38.1 Å². The van der Waals surface area contributed by atoms with Gasteiger partial charge in [0.2, 0.25) is 0 Å². The number of hydrogen-bond acceptors (Lipinski definition) is 5. The molecular weight excluding hydrogens is 250 g/mol. The summed E-state index contributed by atoms with van der Waals surface area (Å²) >= 11 is 1.39. The third-order valence-corrected chi connectivity index (χ3v) is 3.65. The zero-order valence-electron chi connectivity index (χ0n) is 11.0. The summed E-state index contributed by atoms with van der Waals surface area (Å²) in [5.74, 6) is -0.0655. The van der Waals surface area contributed by atoms with Crippen LogP contribution < -0.4 is 5.73 Å². The Morgan fingerprint density at radius 1 is 1.56 bits per heavy atom. The van der Waals surface area contributed by atoms with Crippen molar-refractivity contribution in [3.8, 4) is 0 Å². The van der Waals surface area contributed by atoms with E-state index < -0.39 is 5.60 Å². The second-order valence-corrected chi connectivity index (χ2v) is 6.40. The number of nitrogens with two attached hydrogens (primary N) is 1. The molecule has 1 aliphatic heterocycles. The zero-order chi connectivity index (χ0) is 13.3. The number of nitrogen functional groups attached to an aromatic ring is 1. The van der Waals surface area contributed by atoms with Crippen LogP contribution in [-0.4, -0.2) is 24.8 Å². The van der Waals surface area contributed by atoms with Gasteiger partial charge in [0, 0.05) is 12.5 Å². The third kappa shape index (κ3) is 2.84. The fourth-order valence-electron chi connectivity index (χ4n) is 2.01. The molecule has 0 aliphatic carbocycles. The number of carbonyl (C=O) groups excluding carboxylic acids is 1. The fourth-order valence-corrected chi connectivity index (χ4v) is 2.90. The van der Waals surface area contributed by atoms with Crippen molar-refractivity contribution in [1.29, 1.82) is 0 Å². The molecular formula is C13H19NO3S. The van der Waals surface area contributed by atoms with Gasteiger partial charge in [0.15, 0.2) is 0 Å². The number of anilines is 1. The average Bonchev–Trinajstić information content (AvgIpc) is 2.82. The van der Waals surface area contributed by atoms with Crippen molar-refractivity contribution >= 4 is 22.3 Å². The van der Waals surface area contributed by atoms with E-state index >= 15 is 0 Å². The molecule has 100 valence electrons. The normalized spacial score (nSPS) is 20.1. The van der Waals surface area contributed by atoms with E-state index in [-0.39, 0.29) is 11.9 Å². The number of ether oxygens (including phenoxy) is 2. The number of thiophene rings is 1. The summed E-state index contributed by atoms with van der Waals surface area (Å²) in [5, 5.41) is 2.49. The molecule has 0 bridgehead atoms. The van der Waals surface area contributed by atoms with E-state index in [2.05, 4.69) is 0 Å². The quantitative estimate of drug-likeness (QED) is 0.839. The van der Waals surface area contributed by atoms with Crippen LogP contribution in [0.4, 0.5) is 5.00 Å². The van der Waals surface area contributed by atoms with E-state index in [0.29, 0.717) is 17.2 Å². The first-order valence-corrected chi connectivity index (χ1v) is 6.94. The highest BCUT2D eigenvalue weighted by Crippen LogP contribution is 2.36. The van der Waals surface area contributed by atoms with Crippen LogP contribution in [0.15, 0.2) is 5.38 Å². The lowest BCUT2D eigenvalue weighted by Crippen LogP contribution is -2.25. The van der Waals surface area contributed by atoms with Gasteiger partial charge in [0.05, 0.1) is 12.2 Å². The number of hydrogen-bond donors (Lipinski definition) is 1. The minimum Gasteiger partial charge on any atom is -0.456 e. The van der Waals surface area contributed by atoms with Gasteiger partial charge in [-0.15, -0.1) is 11.3 Å². The summed E-state index contributed by atoms with van der Waals surface area (Å²) in [4.78, 5) is 12.2. The first-order chi connectivity index (χ1) is 8.38. The highest BCUT2D eigenvalue weighted by Gasteiger charge is 2.29. The van der Waals surface area contributed by atoms with Gasteiger partial charge in [0.25, 0.3) is 0 Å². The molecule has 1 saturated heterocycles. The molecule has 1 unspecified atom stereocenters. The van der Waals surface area contributed by atoms with E-state index in [1.807, 2.05) is 26.2 Å². The van der Waals surface area contributed by atoms with Gasteiger partial charge >= 0.3 is 5.97 Å². The maximum absolute atomic E-state index is 12.2. The smallest absolute Gasteiger partial charge is 0.341 e. The SMILES string of the molecule is CC(C)(C)OC(=O)c1c(C2CCOC2)csc1N. The largest absolute Gasteiger partial charge is 0.456 e. The predicted octanol–water partition coefficient (Wildman–Crippen LogP) is 2.79. The Bertz CT molecular complexity index is 442. The number of esters is 1. The average molecular weight is 269 g/mol. The van der Waals surface area contributed by atoms with Crippen LogP contribution in [-0.2, 0) is 9.47 Å². The molecule has 1 aliphatic rings. The summed E-state index contributed by atoms with van der Waals surface area (Å²) in [6.07, 6.45) is 0.936. The van der Waals surface area contributed by atoms with E-state index in [4.69, 9.17) is 15.2 Å². The summed E-state index contributed by atoms with van der Waals surface area (Å²) in [5.41, 5.74) is 6.91. The first-order valence-electron chi connectivity index (χ1n) is 6.06. The highest BCUT2D eigenvalue weighted by molar-refractivity contribution is 7.14. The van der Waals surface area contributed by atoms with Crippen LogP contribution >= 0.6 is 11.3 Å². The second-order valence-electron chi connectivity index (χ2n) is 5.49. The molecule has 5 heteroatoms. The Balaban J connectivity index is 2.26. The minimum atomic E-state index is -0.505. The highest BCUT2D eigenvalue weighted by atomic mass is 32.1. The fraction of sp³-hybridized carbons (Fsp3) is 0.615. The summed E-state index contributed by atoms with van der Waals surface area (Å²) in [7, 11) is 0. The third-order valence-electron chi connectivity index (χ3n) is 2.82. The molecule has 1 aromatic rings. The first kappa shape index (κ1) is 13.4. The molecule has 1 fully saturated rings. The summed E-state index contributed by atoms with van der Waals surface area (Å²) in [6, 6.07) is 0. The van der Waals surface area contributed by atoms with Crippen molar-refractivity contribution in [3.05, 3.63) is 16.5 Å². The Morgan fingerprint density at radius 3 is 2.83 bits per heavy atom. The molecule has 0 spiro atoms. The van der Waals surface area contributed by atoms with Gasteiger partial charge < -0.3 is 15.2 Å². The molecule has 2 heterocycles. The molecule has 0 saturated carbocycles. The van der Waals surface area contributed by atoms with E-state index in [0.717, 1.165) is 18.6 Å². The Kier molecular flexibility index (Phi) is 3.64. The molecule has 2 N–H and O–H groups in total. The molecule has 18 heavy (non-hydrogen) atoms. The number of carbonyl (C=O) groups is 1. The van der Waals surface area contributed by atoms with Crippen LogP contribution in [0.1, 0.15) is 49.0 Å². The minimum absolute atomic E-state index is 0.265. The van der Waals surface area contributed by atoms with Crippen molar-refractivity contribution in [3.63, 3.8) is 0 Å². The molecule has 0 amide bonds. The van der Waals surface area contributed by atoms with Crippen LogP contribution in [0.5, 0.6) is 0 Å². The van der Waals surface area contributed by atoms with Crippen LogP contribution in [0.2, 0.25) is 0 Å². The van der Waals surface area contributed by atoms with Crippen molar-refractivity contribution in [2.45, 2.75) is 38.7 Å². The summed E-state index contributed by atoms with van der Waals surface area (Å²) in [6.45, 7) is 6.96. The lowest BCUT2D eigenvalue weighted by molar-refractivity contribution is 0.00697. The topological polar surface area (TPSA) is 61.5 Å². The van der Waals surface area contributed by atoms with Crippen molar-refractivity contribution in [2.75, 3.05) is 18.9 Å². The molecule has 0 aromatic carbocycles. The molecule has 0 radical (unpaired) electrons. The Hall–Kier alpha value is -1.07. The molecule has 1 aromatic heterocycles. The van der Waals surface area contributed by atoms with Crippen molar-refractivity contribution < 1.29 is 14.3 Å². The zero-order valence-corrected chi connectivity index (χ0v) is 11.8. The standard InChI is InChI=1S/C13H19NO3S/c1-13(2,3)17-12(15)10-9(7-18-11(10)14)8-4-5-16-6-8/h7-8H,4-6,14H2,1-3H3. The lowest BCUT2D eigenvalue weighted by Gasteiger charge is -2.20. The van der Waals surface area contributed by atoms with Crippen LogP contribution in [0.3, 0.4) is 0 Å². The Labute approximate surface area is 111 Å². The lowest BCUT2D eigenvalue weighted by atomic mass is 9.97. The van der Waals surface area contributed by atoms with Gasteiger partial charge in [-0.3, -0.25) is 0 Å². The second kappa shape index (κ2) is 4.90.